The summed E-state index contributed by atoms with van der Waals surface area (Å²) < 4.78 is 27.3. The number of unbranched alkanes of at least 4 members (excludes halogenated alkanes) is 1. The van der Waals surface area contributed by atoms with Crippen LogP contribution >= 0.6 is 11.6 Å². The van der Waals surface area contributed by atoms with Gasteiger partial charge in [0.05, 0.1) is 10.4 Å². The van der Waals surface area contributed by atoms with Gasteiger partial charge in [-0.3, -0.25) is 0 Å². The second-order valence-electron chi connectivity index (χ2n) is 6.71. The van der Waals surface area contributed by atoms with Crippen LogP contribution in [0.2, 0.25) is 5.02 Å². The van der Waals surface area contributed by atoms with Gasteiger partial charge in [0.1, 0.15) is 17.8 Å². The summed E-state index contributed by atoms with van der Waals surface area (Å²) in [5.41, 5.74) is 0.788. The van der Waals surface area contributed by atoms with Gasteiger partial charge in [0.15, 0.2) is 0 Å². The molecular formula is C16H25ClN6O2S. The van der Waals surface area contributed by atoms with Gasteiger partial charge in [0.2, 0.25) is 0 Å². The minimum atomic E-state index is -3.69. The van der Waals surface area contributed by atoms with Crippen molar-refractivity contribution in [2.45, 2.75) is 38.6 Å². The maximum absolute atomic E-state index is 12.0. The third kappa shape index (κ3) is 3.80. The van der Waals surface area contributed by atoms with E-state index in [9.17, 15) is 8.42 Å². The highest BCUT2D eigenvalue weighted by Gasteiger charge is 2.31. The number of rotatable bonds is 6. The van der Waals surface area contributed by atoms with Crippen LogP contribution in [-0.2, 0) is 17.3 Å². The number of aryl methyl sites for hydroxylation is 1. The fourth-order valence-corrected chi connectivity index (χ4v) is 4.91. The van der Waals surface area contributed by atoms with Crippen molar-refractivity contribution in [3.05, 3.63) is 17.5 Å². The molecule has 0 aromatic carbocycles. The van der Waals surface area contributed by atoms with Crippen LogP contribution in [-0.4, -0.2) is 52.9 Å². The number of piperidine rings is 1. The standard InChI is InChI=1S/C16H25ClN6O2S/c1-3-4-7-23(26(18,24)25)12-5-8-22(9-6-12)16-14-13(17)10-21(2)15(14)19-11-20-16/h10-12H,3-9H2,1-2H3,(H2,18,24,25). The van der Waals surface area contributed by atoms with Gasteiger partial charge >= 0.3 is 0 Å². The molecule has 2 aromatic heterocycles. The lowest BCUT2D eigenvalue weighted by Gasteiger charge is -2.37. The van der Waals surface area contributed by atoms with Gasteiger partial charge in [-0.25, -0.2) is 15.1 Å². The molecule has 8 nitrogen and oxygen atoms in total. The normalized spacial score (nSPS) is 16.7. The van der Waals surface area contributed by atoms with Crippen LogP contribution in [0.4, 0.5) is 5.82 Å². The summed E-state index contributed by atoms with van der Waals surface area (Å²) in [4.78, 5) is 10.9. The van der Waals surface area contributed by atoms with Gasteiger partial charge in [-0.1, -0.05) is 24.9 Å². The molecule has 0 saturated carbocycles. The van der Waals surface area contributed by atoms with Gasteiger partial charge in [-0.15, -0.1) is 0 Å². The summed E-state index contributed by atoms with van der Waals surface area (Å²) in [6.45, 7) is 3.90. The van der Waals surface area contributed by atoms with Crippen molar-refractivity contribution in [3.63, 3.8) is 0 Å². The zero-order chi connectivity index (χ0) is 18.9. The van der Waals surface area contributed by atoms with Gasteiger partial charge < -0.3 is 9.47 Å². The smallest absolute Gasteiger partial charge is 0.277 e. The van der Waals surface area contributed by atoms with E-state index >= 15 is 0 Å². The van der Waals surface area contributed by atoms with Crippen molar-refractivity contribution < 1.29 is 8.42 Å². The maximum atomic E-state index is 12.0. The van der Waals surface area contributed by atoms with E-state index in [1.165, 1.54) is 10.6 Å². The second-order valence-corrected chi connectivity index (χ2v) is 8.62. The average Bonchev–Trinajstić information content (AvgIpc) is 2.89. The molecule has 2 aromatic rings. The Labute approximate surface area is 159 Å². The lowest BCUT2D eigenvalue weighted by molar-refractivity contribution is 0.271. The number of hydrogen-bond donors (Lipinski definition) is 1. The van der Waals surface area contributed by atoms with E-state index in [0.717, 1.165) is 29.7 Å². The van der Waals surface area contributed by atoms with Gasteiger partial charge in [-0.05, 0) is 19.3 Å². The van der Waals surface area contributed by atoms with Crippen LogP contribution in [0.5, 0.6) is 0 Å². The largest absolute Gasteiger partial charge is 0.356 e. The van der Waals surface area contributed by atoms with E-state index in [2.05, 4.69) is 14.9 Å². The fraction of sp³-hybridized carbons (Fsp3) is 0.625. The summed E-state index contributed by atoms with van der Waals surface area (Å²) in [6, 6.07) is -0.0728. The number of aromatic nitrogens is 3. The topological polar surface area (TPSA) is 97.3 Å². The Kier molecular flexibility index (Phi) is 5.71. The highest BCUT2D eigenvalue weighted by Crippen LogP contribution is 2.33. The van der Waals surface area contributed by atoms with Crippen LogP contribution < -0.4 is 10.0 Å². The number of hydrogen-bond acceptors (Lipinski definition) is 5. The van der Waals surface area contributed by atoms with Gasteiger partial charge in [0.25, 0.3) is 10.2 Å². The molecule has 0 bridgehead atoms. The highest BCUT2D eigenvalue weighted by atomic mass is 35.5. The number of nitrogens with two attached hydrogens (primary N) is 1. The Balaban J connectivity index is 1.78. The minimum absolute atomic E-state index is 0.0728. The molecule has 1 aliphatic heterocycles. The molecule has 1 aliphatic rings. The molecule has 0 radical (unpaired) electrons. The van der Waals surface area contributed by atoms with E-state index in [4.69, 9.17) is 16.7 Å². The summed E-state index contributed by atoms with van der Waals surface area (Å²) in [5, 5.41) is 6.90. The molecule has 10 heteroatoms. The highest BCUT2D eigenvalue weighted by molar-refractivity contribution is 7.86. The molecular weight excluding hydrogens is 376 g/mol. The zero-order valence-corrected chi connectivity index (χ0v) is 16.7. The Morgan fingerprint density at radius 1 is 1.35 bits per heavy atom. The summed E-state index contributed by atoms with van der Waals surface area (Å²) >= 11 is 6.37. The SMILES string of the molecule is CCCCN(C1CCN(c2ncnc3c2c(Cl)cn3C)CC1)S(N)(=O)=O. The maximum Gasteiger partial charge on any atom is 0.277 e. The third-order valence-electron chi connectivity index (χ3n) is 4.92. The first kappa shape index (κ1) is 19.3. The zero-order valence-electron chi connectivity index (χ0n) is 15.1. The first-order chi connectivity index (χ1) is 12.3. The van der Waals surface area contributed by atoms with Crippen LogP contribution in [0.3, 0.4) is 0 Å². The molecule has 0 amide bonds. The molecule has 0 atom stereocenters. The Morgan fingerprint density at radius 2 is 2.04 bits per heavy atom. The van der Waals surface area contributed by atoms with Crippen molar-refractivity contribution in [1.82, 2.24) is 18.8 Å². The number of halogens is 1. The minimum Gasteiger partial charge on any atom is -0.356 e. The van der Waals surface area contributed by atoms with Gasteiger partial charge in [0, 0.05) is 38.9 Å². The molecule has 3 heterocycles. The molecule has 1 fully saturated rings. The van der Waals surface area contributed by atoms with Crippen molar-refractivity contribution in [2.75, 3.05) is 24.5 Å². The number of fused-ring (bicyclic) bond motifs is 1. The van der Waals surface area contributed by atoms with E-state index in [1.54, 1.807) is 0 Å². The Hall–Kier alpha value is -1.42. The van der Waals surface area contributed by atoms with Crippen LogP contribution in [0.1, 0.15) is 32.6 Å². The first-order valence-corrected chi connectivity index (χ1v) is 10.7. The molecule has 0 unspecified atom stereocenters. The molecule has 144 valence electrons. The molecule has 0 spiro atoms. The number of nitrogens with zero attached hydrogens (tertiary/aromatic N) is 5. The van der Waals surface area contributed by atoms with E-state index < -0.39 is 10.2 Å². The molecule has 3 rings (SSSR count). The summed E-state index contributed by atoms with van der Waals surface area (Å²) in [7, 11) is -1.79. The summed E-state index contributed by atoms with van der Waals surface area (Å²) in [5.74, 6) is 0.801. The van der Waals surface area contributed by atoms with Crippen LogP contribution in [0, 0.1) is 0 Å². The van der Waals surface area contributed by atoms with Crippen LogP contribution in [0.25, 0.3) is 11.0 Å². The summed E-state index contributed by atoms with van der Waals surface area (Å²) in [6.07, 6.45) is 6.51. The second kappa shape index (κ2) is 7.67. The van der Waals surface area contributed by atoms with Crippen molar-refractivity contribution in [3.8, 4) is 0 Å². The van der Waals surface area contributed by atoms with Crippen molar-refractivity contribution >= 4 is 38.7 Å². The first-order valence-electron chi connectivity index (χ1n) is 8.83. The fourth-order valence-electron chi connectivity index (χ4n) is 3.58. The molecule has 1 saturated heterocycles. The molecule has 0 aliphatic carbocycles. The monoisotopic (exact) mass is 400 g/mol. The molecule has 26 heavy (non-hydrogen) atoms. The quantitative estimate of drug-likeness (QED) is 0.798. The van der Waals surface area contributed by atoms with Crippen molar-refractivity contribution in [2.24, 2.45) is 12.2 Å². The molecule has 2 N–H and O–H groups in total. The van der Waals surface area contributed by atoms with E-state index in [0.29, 0.717) is 37.5 Å². The predicted molar refractivity (Wildman–Crippen MR) is 103 cm³/mol. The predicted octanol–water partition coefficient (Wildman–Crippen LogP) is 1.90. The third-order valence-corrected chi connectivity index (χ3v) is 6.34. The van der Waals surface area contributed by atoms with Crippen molar-refractivity contribution in [1.29, 1.82) is 0 Å². The Morgan fingerprint density at radius 3 is 2.65 bits per heavy atom. The number of anilines is 1. The van der Waals surface area contributed by atoms with Crippen LogP contribution in [0.15, 0.2) is 12.5 Å². The van der Waals surface area contributed by atoms with E-state index in [1.807, 2.05) is 24.7 Å². The average molecular weight is 401 g/mol. The van der Waals surface area contributed by atoms with Gasteiger partial charge in [-0.2, -0.15) is 12.7 Å². The van der Waals surface area contributed by atoms with E-state index in [-0.39, 0.29) is 6.04 Å². The Bertz CT molecular complexity index is 876. The lowest BCUT2D eigenvalue weighted by atomic mass is 10.0. The lowest BCUT2D eigenvalue weighted by Crippen LogP contribution is -2.50.